The molecule has 9 heteroatoms. The van der Waals surface area contributed by atoms with Crippen molar-refractivity contribution >= 4 is 23.4 Å². The number of hydrogen-bond acceptors (Lipinski definition) is 5. The minimum atomic E-state index is -0.424. The summed E-state index contributed by atoms with van der Waals surface area (Å²) in [5.41, 5.74) is 1.58. The molecule has 3 aromatic carbocycles. The number of nitrogens with one attached hydrogen (secondary N) is 3. The van der Waals surface area contributed by atoms with Gasteiger partial charge in [0.2, 0.25) is 0 Å². The lowest BCUT2D eigenvalue weighted by atomic mass is 10.1. The third-order valence-corrected chi connectivity index (χ3v) is 4.82. The molecule has 8 nitrogen and oxygen atoms in total. The van der Waals surface area contributed by atoms with Gasteiger partial charge in [-0.15, -0.1) is 0 Å². The summed E-state index contributed by atoms with van der Waals surface area (Å²) in [6.07, 6.45) is 0. The van der Waals surface area contributed by atoms with E-state index in [1.807, 2.05) is 0 Å². The fourth-order valence-electron chi connectivity index (χ4n) is 3.00. The van der Waals surface area contributed by atoms with Gasteiger partial charge in [0.15, 0.2) is 0 Å². The Hall–Kier alpha value is -4.40. The van der Waals surface area contributed by atoms with E-state index in [4.69, 9.17) is 9.47 Å². The van der Waals surface area contributed by atoms with Crippen LogP contribution in [0.5, 0.6) is 11.5 Å². The largest absolute Gasteiger partial charge is 0.497 e. The van der Waals surface area contributed by atoms with Crippen molar-refractivity contribution < 1.29 is 28.2 Å². The fourth-order valence-corrected chi connectivity index (χ4v) is 3.00. The molecule has 34 heavy (non-hydrogen) atoms. The molecule has 0 bridgehead atoms. The predicted octanol–water partition coefficient (Wildman–Crippen LogP) is 3.26. The van der Waals surface area contributed by atoms with Gasteiger partial charge in [0.1, 0.15) is 17.3 Å². The van der Waals surface area contributed by atoms with E-state index < -0.39 is 5.82 Å². The molecule has 0 radical (unpaired) electrons. The van der Waals surface area contributed by atoms with Crippen molar-refractivity contribution in [1.29, 1.82) is 0 Å². The van der Waals surface area contributed by atoms with Crippen LogP contribution in [0.2, 0.25) is 0 Å². The van der Waals surface area contributed by atoms with Crippen molar-refractivity contribution in [3.8, 4) is 11.5 Å². The number of amides is 3. The number of methoxy groups -OCH3 is 2. The van der Waals surface area contributed by atoms with E-state index in [1.54, 1.807) is 42.5 Å². The minimum Gasteiger partial charge on any atom is -0.497 e. The first kappa shape index (κ1) is 24.2. The topological polar surface area (TPSA) is 106 Å². The zero-order chi connectivity index (χ0) is 24.5. The first-order valence-electron chi connectivity index (χ1n) is 10.4. The summed E-state index contributed by atoms with van der Waals surface area (Å²) in [6, 6.07) is 16.3. The van der Waals surface area contributed by atoms with Crippen LogP contribution in [0.15, 0.2) is 66.7 Å². The van der Waals surface area contributed by atoms with Gasteiger partial charge in [-0.2, -0.15) is 0 Å². The molecule has 0 atom stereocenters. The second-order valence-corrected chi connectivity index (χ2v) is 7.15. The molecule has 3 N–H and O–H groups in total. The first-order valence-corrected chi connectivity index (χ1v) is 10.4. The van der Waals surface area contributed by atoms with Gasteiger partial charge in [-0.3, -0.25) is 14.4 Å². The SMILES string of the molecule is COc1cc(OC)cc(C(=O)NCCNC(=O)c2ccc(NC(=O)c3ccc(F)cc3)cc2)c1. The molecule has 0 aromatic heterocycles. The Bertz CT molecular complexity index is 1140. The highest BCUT2D eigenvalue weighted by Crippen LogP contribution is 2.22. The van der Waals surface area contributed by atoms with Crippen molar-refractivity contribution in [3.05, 3.63) is 89.2 Å². The van der Waals surface area contributed by atoms with Crippen LogP contribution in [-0.2, 0) is 0 Å². The molecular weight excluding hydrogens is 441 g/mol. The summed E-state index contributed by atoms with van der Waals surface area (Å²) in [4.78, 5) is 36.9. The monoisotopic (exact) mass is 465 g/mol. The lowest BCUT2D eigenvalue weighted by molar-refractivity contribution is 0.0927. The van der Waals surface area contributed by atoms with Crippen LogP contribution >= 0.6 is 0 Å². The molecular formula is C25H24FN3O5. The predicted molar refractivity (Wildman–Crippen MR) is 125 cm³/mol. The number of rotatable bonds is 9. The molecule has 0 saturated carbocycles. The number of benzene rings is 3. The van der Waals surface area contributed by atoms with Gasteiger partial charge in [0.25, 0.3) is 17.7 Å². The van der Waals surface area contributed by atoms with E-state index in [0.29, 0.717) is 33.9 Å². The molecule has 0 aliphatic heterocycles. The number of halogens is 1. The lowest BCUT2D eigenvalue weighted by Gasteiger charge is -2.10. The number of carbonyl (C=O) groups excluding carboxylic acids is 3. The van der Waals surface area contributed by atoms with Crippen molar-refractivity contribution in [2.24, 2.45) is 0 Å². The van der Waals surface area contributed by atoms with Crippen LogP contribution in [0.1, 0.15) is 31.1 Å². The standard InChI is InChI=1S/C25H24FN3O5/c1-33-21-13-18(14-22(15-21)34-2)24(31)28-12-11-27-23(30)16-5-9-20(10-6-16)29-25(32)17-3-7-19(26)8-4-17/h3-10,13-15H,11-12H2,1-2H3,(H,27,30)(H,28,31)(H,29,32). The van der Waals surface area contributed by atoms with Gasteiger partial charge in [0, 0.05) is 41.5 Å². The molecule has 0 aliphatic rings. The van der Waals surface area contributed by atoms with Crippen molar-refractivity contribution in [2.45, 2.75) is 0 Å². The van der Waals surface area contributed by atoms with Gasteiger partial charge in [-0.25, -0.2) is 4.39 Å². The average Bonchev–Trinajstić information content (AvgIpc) is 2.86. The molecule has 176 valence electrons. The summed E-state index contributed by atoms with van der Waals surface area (Å²) >= 11 is 0. The highest BCUT2D eigenvalue weighted by molar-refractivity contribution is 6.04. The van der Waals surface area contributed by atoms with Gasteiger partial charge < -0.3 is 25.4 Å². The van der Waals surface area contributed by atoms with E-state index in [0.717, 1.165) is 0 Å². The second kappa shape index (κ2) is 11.5. The average molecular weight is 465 g/mol. The van der Waals surface area contributed by atoms with Crippen molar-refractivity contribution in [2.75, 3.05) is 32.6 Å². The maximum Gasteiger partial charge on any atom is 0.255 e. The minimum absolute atomic E-state index is 0.217. The molecule has 0 saturated heterocycles. The lowest BCUT2D eigenvalue weighted by Crippen LogP contribution is -2.34. The number of anilines is 1. The Morgan fingerprint density at radius 2 is 1.15 bits per heavy atom. The highest BCUT2D eigenvalue weighted by atomic mass is 19.1. The van der Waals surface area contributed by atoms with E-state index in [2.05, 4.69) is 16.0 Å². The van der Waals surface area contributed by atoms with Crippen LogP contribution in [0.4, 0.5) is 10.1 Å². The second-order valence-electron chi connectivity index (χ2n) is 7.15. The van der Waals surface area contributed by atoms with E-state index in [-0.39, 0.29) is 30.8 Å². The molecule has 3 rings (SSSR count). The molecule has 0 spiro atoms. The Kier molecular flexibility index (Phi) is 8.17. The smallest absolute Gasteiger partial charge is 0.255 e. The van der Waals surface area contributed by atoms with Crippen LogP contribution in [0, 0.1) is 5.82 Å². The highest BCUT2D eigenvalue weighted by Gasteiger charge is 2.11. The van der Waals surface area contributed by atoms with Crippen LogP contribution in [0.25, 0.3) is 0 Å². The van der Waals surface area contributed by atoms with Crippen LogP contribution < -0.4 is 25.4 Å². The zero-order valence-corrected chi connectivity index (χ0v) is 18.7. The van der Waals surface area contributed by atoms with Crippen LogP contribution in [0.3, 0.4) is 0 Å². The molecule has 0 aliphatic carbocycles. The summed E-state index contributed by atoms with van der Waals surface area (Å²) in [6.45, 7) is 0.435. The molecule has 0 fully saturated rings. The normalized spacial score (nSPS) is 10.2. The maximum atomic E-state index is 13.0. The van der Waals surface area contributed by atoms with Gasteiger partial charge >= 0.3 is 0 Å². The molecule has 0 unspecified atom stereocenters. The Morgan fingerprint density at radius 1 is 0.676 bits per heavy atom. The number of hydrogen-bond donors (Lipinski definition) is 3. The summed E-state index contributed by atoms with van der Waals surface area (Å²) in [7, 11) is 3.00. The summed E-state index contributed by atoms with van der Waals surface area (Å²) in [5.74, 6) is -0.472. The van der Waals surface area contributed by atoms with Gasteiger partial charge in [0.05, 0.1) is 14.2 Å². The zero-order valence-electron chi connectivity index (χ0n) is 18.7. The van der Waals surface area contributed by atoms with Crippen molar-refractivity contribution in [3.63, 3.8) is 0 Å². The first-order chi connectivity index (χ1) is 16.4. The van der Waals surface area contributed by atoms with Gasteiger partial charge in [-0.1, -0.05) is 0 Å². The third kappa shape index (κ3) is 6.55. The number of ether oxygens (including phenoxy) is 2. The third-order valence-electron chi connectivity index (χ3n) is 4.82. The van der Waals surface area contributed by atoms with Crippen molar-refractivity contribution in [1.82, 2.24) is 10.6 Å². The Balaban J connectivity index is 1.46. The Labute approximate surface area is 196 Å². The van der Waals surface area contributed by atoms with Crippen LogP contribution in [-0.4, -0.2) is 45.0 Å². The Morgan fingerprint density at radius 3 is 1.68 bits per heavy atom. The van der Waals surface area contributed by atoms with E-state index in [1.165, 1.54) is 38.5 Å². The quantitative estimate of drug-likeness (QED) is 0.421. The molecule has 3 aromatic rings. The summed E-state index contributed by atoms with van der Waals surface area (Å²) < 4.78 is 23.3. The van der Waals surface area contributed by atoms with E-state index in [9.17, 15) is 18.8 Å². The maximum absolute atomic E-state index is 13.0. The summed E-state index contributed by atoms with van der Waals surface area (Å²) in [5, 5.41) is 8.12. The molecule has 3 amide bonds. The molecule has 0 heterocycles. The van der Waals surface area contributed by atoms with Gasteiger partial charge in [-0.05, 0) is 60.7 Å². The number of carbonyl (C=O) groups is 3. The fraction of sp³-hybridized carbons (Fsp3) is 0.160. The van der Waals surface area contributed by atoms with E-state index >= 15 is 0 Å².